The summed E-state index contributed by atoms with van der Waals surface area (Å²) in [6, 6.07) is 32.4. The first-order valence-electron chi connectivity index (χ1n) is 47.7. The Hall–Kier alpha value is -10.2. The summed E-state index contributed by atoms with van der Waals surface area (Å²) in [5.74, 6) is 0.274. The number of benzene rings is 6. The summed E-state index contributed by atoms with van der Waals surface area (Å²) >= 11 is 0. The van der Waals surface area contributed by atoms with Crippen molar-refractivity contribution < 1.29 is 71.3 Å². The van der Waals surface area contributed by atoms with Gasteiger partial charge in [0.1, 0.15) is 55.5 Å². The van der Waals surface area contributed by atoms with Crippen LogP contribution in [0, 0.1) is 24.4 Å². The van der Waals surface area contributed by atoms with E-state index in [1.165, 1.54) is 12.1 Å². The third-order valence-corrected chi connectivity index (χ3v) is 32.9. The number of H-pyrrole nitrogens is 2. The molecule has 136 heavy (non-hydrogen) atoms. The molecule has 2 fully saturated rings. The largest absolute Gasteiger partial charge is 0.505 e. The lowest BCUT2D eigenvalue weighted by Crippen LogP contribution is -2.45. The molecule has 0 saturated carbocycles. The Bertz CT molecular complexity index is 6060. The minimum atomic E-state index is -1.33. The first-order chi connectivity index (χ1) is 64.5. The fraction of sp³-hybridized carbons (Fsp3) is 0.490. The number of hydrogen-bond acceptors (Lipinski definition) is 18. The lowest BCUT2D eigenvalue weighted by atomic mass is 9.95. The van der Waals surface area contributed by atoms with Crippen molar-refractivity contribution in [2.75, 3.05) is 66.0 Å². The first kappa shape index (κ1) is 105. The molecule has 8 heterocycles. The number of urea groups is 2. The molecule has 36 heteroatoms. The van der Waals surface area contributed by atoms with Crippen LogP contribution < -0.4 is 15.4 Å². The van der Waals surface area contributed by atoms with Crippen molar-refractivity contribution in [1.82, 2.24) is 79.3 Å². The normalized spacial score (nSPS) is 13.8. The second kappa shape index (κ2) is 46.5. The number of rotatable bonds is 40. The van der Waals surface area contributed by atoms with Crippen molar-refractivity contribution in [3.8, 4) is 79.4 Å². The summed E-state index contributed by atoms with van der Waals surface area (Å²) in [5, 5.41) is 55.3. The van der Waals surface area contributed by atoms with Gasteiger partial charge in [-0.1, -0.05) is 143 Å². The number of phenolic OH excluding ortho intramolecular Hbond substituents is 1. The highest BCUT2D eigenvalue weighted by Crippen LogP contribution is 2.40. The highest BCUT2D eigenvalue weighted by atomic mass is 28.3. The number of likely N-dealkylation sites (tertiary alicyclic amines) is 2. The molecular formula is C100H141F3N16O12Si5. The highest BCUT2D eigenvalue weighted by Gasteiger charge is 2.30. The van der Waals surface area contributed by atoms with Gasteiger partial charge in [-0.05, 0) is 204 Å². The number of carbonyl (C=O) groups excluding carboxylic acids is 3. The van der Waals surface area contributed by atoms with E-state index in [2.05, 4.69) is 160 Å². The van der Waals surface area contributed by atoms with Crippen molar-refractivity contribution in [2.24, 2.45) is 0 Å². The molecule has 0 unspecified atom stereocenters. The summed E-state index contributed by atoms with van der Waals surface area (Å²) in [7, 11) is -6.38. The number of halogens is 3. The number of hydrogen-bond donors (Lipinski definition) is 7. The fourth-order valence-electron chi connectivity index (χ4n) is 15.9. The second-order valence-electron chi connectivity index (χ2n) is 41.7. The van der Waals surface area contributed by atoms with Gasteiger partial charge in [0.15, 0.2) is 53.7 Å². The van der Waals surface area contributed by atoms with Crippen LogP contribution in [0.5, 0.6) is 11.5 Å². The zero-order chi connectivity index (χ0) is 98.1. The van der Waals surface area contributed by atoms with Crippen molar-refractivity contribution in [3.63, 3.8) is 0 Å². The van der Waals surface area contributed by atoms with Gasteiger partial charge in [0.2, 0.25) is 0 Å². The molecule has 0 atom stereocenters. The van der Waals surface area contributed by atoms with Gasteiger partial charge in [-0.2, -0.15) is 15.3 Å². The third-order valence-electron chi connectivity index (χ3n) is 24.4. The van der Waals surface area contributed by atoms with Gasteiger partial charge in [-0.25, -0.2) is 47.1 Å². The van der Waals surface area contributed by atoms with E-state index >= 15 is 4.39 Å². The number of fused-ring (bicyclic) bond motifs is 3. The van der Waals surface area contributed by atoms with E-state index in [0.29, 0.717) is 156 Å². The molecule has 14 rings (SSSR count). The minimum absolute atomic E-state index is 0.00613. The number of aliphatic hydroxyl groups excluding tert-OH is 2. The molecule has 0 radical (unpaired) electrons. The number of aldehydes is 1. The van der Waals surface area contributed by atoms with E-state index in [4.69, 9.17) is 43.6 Å². The minimum Gasteiger partial charge on any atom is -0.505 e. The molecule has 2 aliphatic heterocycles. The summed E-state index contributed by atoms with van der Waals surface area (Å²) < 4.78 is 88.0. The quantitative estimate of drug-likeness (QED) is 0.00812. The number of nitrogens with zero attached hydrogens (tertiary/aromatic N) is 12. The smallest absolute Gasteiger partial charge is 0.317 e. The van der Waals surface area contributed by atoms with E-state index in [9.17, 15) is 38.5 Å². The molecule has 7 N–H and O–H groups in total. The summed E-state index contributed by atoms with van der Waals surface area (Å²) in [5.41, 5.74) is 14.7. The van der Waals surface area contributed by atoms with Crippen molar-refractivity contribution in [1.29, 1.82) is 0 Å². The Balaban J connectivity index is 0.000000190. The van der Waals surface area contributed by atoms with Crippen LogP contribution in [0.3, 0.4) is 0 Å². The Morgan fingerprint density at radius 3 is 1.43 bits per heavy atom. The molecule has 734 valence electrons. The number of piperidine rings is 2. The summed E-state index contributed by atoms with van der Waals surface area (Å²) in [4.78, 5) is 57.9. The molecule has 12 aromatic rings. The van der Waals surface area contributed by atoms with Crippen LogP contribution in [0.25, 0.3) is 101 Å². The third kappa shape index (κ3) is 29.0. The Labute approximate surface area is 802 Å². The van der Waals surface area contributed by atoms with Crippen LogP contribution in [-0.2, 0) is 83.0 Å². The number of aromatic nitrogens is 12. The van der Waals surface area contributed by atoms with Gasteiger partial charge in [-0.3, -0.25) is 9.89 Å². The van der Waals surface area contributed by atoms with Gasteiger partial charge in [-0.15, -0.1) is 0 Å². The van der Waals surface area contributed by atoms with E-state index in [-0.39, 0.29) is 81.8 Å². The molecular weight excluding hydrogens is 1810 g/mol. The number of aromatic hydroxyl groups is 1. The number of amides is 4. The van der Waals surface area contributed by atoms with E-state index in [1.54, 1.807) is 47.3 Å². The fourth-order valence-corrected chi connectivity index (χ4v) is 19.7. The van der Waals surface area contributed by atoms with Crippen LogP contribution in [0.2, 0.25) is 128 Å². The molecule has 28 nitrogen and oxygen atoms in total. The van der Waals surface area contributed by atoms with Crippen LogP contribution in [-0.4, -0.2) is 221 Å². The van der Waals surface area contributed by atoms with Gasteiger partial charge in [0, 0.05) is 128 Å². The number of carbonyl (C=O) groups is 3. The topological polar surface area (TPSA) is 326 Å². The molecule has 2 aliphatic rings. The molecule has 2 saturated heterocycles. The van der Waals surface area contributed by atoms with Crippen molar-refractivity contribution in [2.45, 2.75) is 253 Å². The van der Waals surface area contributed by atoms with Crippen molar-refractivity contribution in [3.05, 3.63) is 166 Å². The zero-order valence-corrected chi connectivity index (χ0v) is 87.9. The van der Waals surface area contributed by atoms with E-state index < -0.39 is 52.0 Å². The lowest BCUT2D eigenvalue weighted by molar-refractivity contribution is 0.0197. The maximum absolute atomic E-state index is 15.7. The maximum Gasteiger partial charge on any atom is 0.317 e. The maximum atomic E-state index is 15.7. The van der Waals surface area contributed by atoms with Crippen LogP contribution >= 0.6 is 0 Å². The first-order valence-corrected chi connectivity index (χ1v) is 66.3. The van der Waals surface area contributed by atoms with Crippen LogP contribution in [0.15, 0.2) is 110 Å². The molecule has 4 amide bonds. The number of phenols is 1. The predicted molar refractivity (Wildman–Crippen MR) is 546 cm³/mol. The lowest BCUT2D eigenvalue weighted by Gasteiger charge is -2.29. The van der Waals surface area contributed by atoms with Gasteiger partial charge in [0.05, 0.1) is 59.4 Å². The number of imidazole rings is 3. The van der Waals surface area contributed by atoms with Gasteiger partial charge >= 0.3 is 12.1 Å². The number of aliphatic hydroxyl groups is 2. The molecule has 6 aromatic carbocycles. The Morgan fingerprint density at radius 2 is 0.941 bits per heavy atom. The van der Waals surface area contributed by atoms with Gasteiger partial charge in [0.25, 0.3) is 0 Å². The number of aryl methyl sites for hydroxylation is 4. The Morgan fingerprint density at radius 1 is 0.507 bits per heavy atom. The second-order valence-corrected chi connectivity index (χ2v) is 69.8. The monoisotopic (exact) mass is 1950 g/mol. The molecule has 6 aromatic heterocycles. The molecule has 0 aliphatic carbocycles. The van der Waals surface area contributed by atoms with E-state index in [1.807, 2.05) is 80.1 Å². The van der Waals surface area contributed by atoms with E-state index in [0.717, 1.165) is 131 Å². The average Bonchev–Trinajstić information content (AvgIpc) is 1.61. The standard InChI is InChI=1S/C43H69FN6O6Si3.C32H45FN4O3Si2.C25H27FN6O3/c1-11-32-25-40(56-31-55-20-23-59(8,9)10)38(44)26-37(32)33-12-13-36-39(24-33)50(30-54-19-22-58(5,6)7)47-41(36)42-46-34(28-49(42)29-53-18-21-57(2,3)4)27-45-43(52)48-16-14-35(51)15-17-48;1-9-24-16-23(2)29(33)18-28(24)25-10-11-27-30(17-25)37(22-40-13-15-42(6,7)8)35-31(27)32-34-26(20-38)19-36(32)21-39-12-14-41(3,4)5;1-2-14-10-22(34)20(26)11-19(14)15-3-4-18-21(9-15)30-31-23(18)24-27-12-16(29-24)13-28-25(35)32-7-5-17(33)6-8-32/h12-13,24-26,28,35,51H,11,14-23,27,29-31H2,1-10H3,(H,45,52);10-11,16-20H,9,12-15,21-22H2,1-8H3;3-4,9-12,17,33-34H,2,5-8,13H2,1H3,(H,27,29)(H,28,35)(H,30,31). The molecule has 0 spiro atoms. The number of nitrogens with one attached hydrogen (secondary N) is 4. The average molecular weight is 1960 g/mol. The summed E-state index contributed by atoms with van der Waals surface area (Å²) in [6.45, 7) is 49.6. The highest BCUT2D eigenvalue weighted by molar-refractivity contribution is 6.77. The van der Waals surface area contributed by atoms with Crippen molar-refractivity contribution >= 4 is 91.4 Å². The summed E-state index contributed by atoms with van der Waals surface area (Å²) in [6.07, 6.45) is 9.81. The zero-order valence-electron chi connectivity index (χ0n) is 82.9. The Kier molecular flexibility index (Phi) is 35.8. The SMILES string of the molecule is CCc1cc(C)c(F)cc1-c1ccc2c(-c3nc(C=O)cn3COCC[Si](C)(C)C)nn(COCC[Si](C)(C)C)c2c1.CCc1cc(O)c(F)cc1-c1ccc2c(-c3ncc(CNC(=O)N4CCC(O)CC4)[nH]3)n[nH]c2c1.CCc1cc(OCOCC[Si](C)(C)C)c(F)cc1-c1ccc2c(-c3nc(CNC(=O)N4CCC(O)CC4)cn3COCC[Si](C)(C)C)nn(COCC[Si](C)(C)C)c2c1. The van der Waals surface area contributed by atoms with Gasteiger partial charge < -0.3 is 78.3 Å². The number of ether oxygens (including phenoxy) is 6. The predicted octanol–water partition coefficient (Wildman–Crippen LogP) is 21.0. The van der Waals surface area contributed by atoms with Crippen LogP contribution in [0.1, 0.15) is 90.6 Å². The number of aromatic amines is 2. The van der Waals surface area contributed by atoms with Crippen LogP contribution in [0.4, 0.5) is 22.8 Å². The molecule has 0 bridgehead atoms.